The zero-order valence-corrected chi connectivity index (χ0v) is 14.9. The van der Waals surface area contributed by atoms with E-state index in [-0.39, 0.29) is 12.2 Å². The van der Waals surface area contributed by atoms with E-state index in [1.54, 1.807) is 24.3 Å². The van der Waals surface area contributed by atoms with Gasteiger partial charge in [-0.05, 0) is 35.9 Å². The van der Waals surface area contributed by atoms with Gasteiger partial charge in [-0.15, -0.1) is 0 Å². The van der Waals surface area contributed by atoms with E-state index >= 15 is 0 Å². The van der Waals surface area contributed by atoms with Crippen LogP contribution in [0.15, 0.2) is 82.0 Å². The Labute approximate surface area is 160 Å². The molecule has 0 N–H and O–H groups in total. The Balaban J connectivity index is 1.49. The molecular weight excluding hydrogens is 356 g/mol. The minimum atomic E-state index is -0.108. The van der Waals surface area contributed by atoms with Crippen molar-refractivity contribution in [2.75, 3.05) is 6.79 Å². The summed E-state index contributed by atoms with van der Waals surface area (Å²) in [5, 5.41) is 0.511. The highest BCUT2D eigenvalue weighted by Gasteiger charge is 2.16. The van der Waals surface area contributed by atoms with Crippen molar-refractivity contribution in [1.82, 2.24) is 0 Å². The molecule has 0 unspecified atom stereocenters. The summed E-state index contributed by atoms with van der Waals surface area (Å²) in [6, 6.07) is 22.1. The molecule has 0 aliphatic carbocycles. The average molecular weight is 372 g/mol. The lowest BCUT2D eigenvalue weighted by Crippen LogP contribution is -2.01. The Morgan fingerprint density at radius 2 is 1.71 bits per heavy atom. The summed E-state index contributed by atoms with van der Waals surface area (Å²) in [4.78, 5) is 12.5. The Kier molecular flexibility index (Phi) is 3.98. The van der Waals surface area contributed by atoms with Gasteiger partial charge in [0.1, 0.15) is 23.7 Å². The van der Waals surface area contributed by atoms with Crippen LogP contribution in [0.3, 0.4) is 0 Å². The van der Waals surface area contributed by atoms with Crippen molar-refractivity contribution in [2.45, 2.75) is 6.61 Å². The van der Waals surface area contributed by atoms with E-state index in [0.29, 0.717) is 40.6 Å². The summed E-state index contributed by atoms with van der Waals surface area (Å²) in [5.74, 6) is 2.43. The summed E-state index contributed by atoms with van der Waals surface area (Å²) in [5.41, 5.74) is 2.19. The van der Waals surface area contributed by atoms with Crippen molar-refractivity contribution >= 4 is 11.0 Å². The van der Waals surface area contributed by atoms with Crippen LogP contribution >= 0.6 is 0 Å². The van der Waals surface area contributed by atoms with Gasteiger partial charge in [0.05, 0.1) is 5.39 Å². The smallest absolute Gasteiger partial charge is 0.231 e. The molecule has 0 spiro atoms. The Morgan fingerprint density at radius 3 is 2.61 bits per heavy atom. The van der Waals surface area contributed by atoms with Crippen molar-refractivity contribution in [1.29, 1.82) is 0 Å². The number of rotatable bonds is 4. The summed E-state index contributed by atoms with van der Waals surface area (Å²) in [7, 11) is 0. The second kappa shape index (κ2) is 6.78. The van der Waals surface area contributed by atoms with E-state index in [0.717, 1.165) is 11.1 Å². The van der Waals surface area contributed by atoms with Gasteiger partial charge in [-0.2, -0.15) is 0 Å². The molecule has 5 heteroatoms. The first kappa shape index (κ1) is 16.4. The van der Waals surface area contributed by atoms with Crippen molar-refractivity contribution in [3.8, 4) is 28.6 Å². The van der Waals surface area contributed by atoms with Gasteiger partial charge < -0.3 is 18.6 Å². The molecule has 0 atom stereocenters. The van der Waals surface area contributed by atoms with Crippen molar-refractivity contribution in [2.24, 2.45) is 0 Å². The number of fused-ring (bicyclic) bond motifs is 2. The number of hydrogen-bond donors (Lipinski definition) is 0. The number of benzene rings is 3. The van der Waals surface area contributed by atoms with Crippen LogP contribution in [0.1, 0.15) is 5.56 Å². The summed E-state index contributed by atoms with van der Waals surface area (Å²) in [6.07, 6.45) is 0. The summed E-state index contributed by atoms with van der Waals surface area (Å²) in [6.45, 7) is 0.640. The molecule has 4 aromatic rings. The molecule has 138 valence electrons. The molecule has 5 rings (SSSR count). The van der Waals surface area contributed by atoms with Crippen molar-refractivity contribution in [3.05, 3.63) is 88.6 Å². The number of hydrogen-bond acceptors (Lipinski definition) is 5. The van der Waals surface area contributed by atoms with Gasteiger partial charge in [0.25, 0.3) is 0 Å². The molecule has 0 bridgehead atoms. The molecule has 0 radical (unpaired) electrons. The lowest BCUT2D eigenvalue weighted by molar-refractivity contribution is 0.174. The maximum absolute atomic E-state index is 12.5. The summed E-state index contributed by atoms with van der Waals surface area (Å²) < 4.78 is 22.6. The van der Waals surface area contributed by atoms with Gasteiger partial charge in [0, 0.05) is 17.7 Å². The fraction of sp³-hybridized carbons (Fsp3) is 0.0870. The SMILES string of the molecule is O=c1cc(-c2ccc3c(c2)OCO3)oc2cc(OCc3ccccc3)ccc12. The minimum absolute atomic E-state index is 0.108. The van der Waals surface area contributed by atoms with Gasteiger partial charge in [-0.25, -0.2) is 0 Å². The van der Waals surface area contributed by atoms with Gasteiger partial charge in [-0.1, -0.05) is 30.3 Å². The molecule has 3 aromatic carbocycles. The normalized spacial score (nSPS) is 12.3. The molecule has 0 amide bonds. The third-order valence-electron chi connectivity index (χ3n) is 4.61. The molecule has 1 aliphatic heterocycles. The fourth-order valence-electron chi connectivity index (χ4n) is 3.16. The summed E-state index contributed by atoms with van der Waals surface area (Å²) >= 11 is 0. The van der Waals surface area contributed by atoms with E-state index in [4.69, 9.17) is 18.6 Å². The molecule has 1 aromatic heterocycles. The first-order chi connectivity index (χ1) is 13.8. The predicted molar refractivity (Wildman–Crippen MR) is 105 cm³/mol. The molecule has 1 aliphatic rings. The van der Waals surface area contributed by atoms with Gasteiger partial charge in [0.2, 0.25) is 6.79 Å². The van der Waals surface area contributed by atoms with Crippen LogP contribution in [-0.2, 0) is 6.61 Å². The molecule has 5 nitrogen and oxygen atoms in total. The highest BCUT2D eigenvalue weighted by Crippen LogP contribution is 2.36. The third-order valence-corrected chi connectivity index (χ3v) is 4.61. The van der Waals surface area contributed by atoms with E-state index < -0.39 is 0 Å². The van der Waals surface area contributed by atoms with Gasteiger partial charge in [0.15, 0.2) is 16.9 Å². The molecule has 0 saturated carbocycles. The molecular formula is C23H16O5. The maximum Gasteiger partial charge on any atom is 0.231 e. The number of ether oxygens (including phenoxy) is 3. The van der Waals surface area contributed by atoms with Crippen LogP contribution in [-0.4, -0.2) is 6.79 Å². The first-order valence-electron chi connectivity index (χ1n) is 8.91. The zero-order chi connectivity index (χ0) is 18.9. The minimum Gasteiger partial charge on any atom is -0.489 e. The quantitative estimate of drug-likeness (QED) is 0.517. The molecule has 0 saturated heterocycles. The predicted octanol–water partition coefficient (Wildman–Crippen LogP) is 4.77. The van der Waals surface area contributed by atoms with Crippen LogP contribution in [0.2, 0.25) is 0 Å². The van der Waals surface area contributed by atoms with Crippen molar-refractivity contribution in [3.63, 3.8) is 0 Å². The van der Waals surface area contributed by atoms with Gasteiger partial charge in [-0.3, -0.25) is 4.79 Å². The van der Waals surface area contributed by atoms with E-state index in [1.807, 2.05) is 42.5 Å². The Bertz CT molecular complexity index is 1210. The van der Waals surface area contributed by atoms with Crippen LogP contribution in [0.4, 0.5) is 0 Å². The Morgan fingerprint density at radius 1 is 0.857 bits per heavy atom. The topological polar surface area (TPSA) is 57.9 Å². The first-order valence-corrected chi connectivity index (χ1v) is 8.91. The lowest BCUT2D eigenvalue weighted by Gasteiger charge is -2.08. The van der Waals surface area contributed by atoms with E-state index in [1.165, 1.54) is 6.07 Å². The van der Waals surface area contributed by atoms with Crippen LogP contribution in [0, 0.1) is 0 Å². The molecule has 0 fully saturated rings. The second-order valence-electron chi connectivity index (χ2n) is 6.48. The van der Waals surface area contributed by atoms with E-state index in [9.17, 15) is 4.79 Å². The molecule has 28 heavy (non-hydrogen) atoms. The van der Waals surface area contributed by atoms with Crippen LogP contribution < -0.4 is 19.6 Å². The second-order valence-corrected chi connectivity index (χ2v) is 6.48. The van der Waals surface area contributed by atoms with Crippen LogP contribution in [0.25, 0.3) is 22.3 Å². The third kappa shape index (κ3) is 3.07. The van der Waals surface area contributed by atoms with Crippen LogP contribution in [0.5, 0.6) is 17.2 Å². The fourth-order valence-corrected chi connectivity index (χ4v) is 3.16. The maximum atomic E-state index is 12.5. The lowest BCUT2D eigenvalue weighted by atomic mass is 10.1. The Hall–Kier alpha value is -3.73. The van der Waals surface area contributed by atoms with Gasteiger partial charge >= 0.3 is 0 Å². The monoisotopic (exact) mass is 372 g/mol. The average Bonchev–Trinajstić information content (AvgIpc) is 3.20. The largest absolute Gasteiger partial charge is 0.489 e. The van der Waals surface area contributed by atoms with E-state index in [2.05, 4.69) is 0 Å². The zero-order valence-electron chi connectivity index (χ0n) is 14.9. The molecule has 2 heterocycles. The standard InChI is InChI=1S/C23H16O5/c24-19-12-21(16-6-9-20-23(10-16)27-14-26-20)28-22-11-17(7-8-18(19)22)25-13-15-4-2-1-3-5-15/h1-12H,13-14H2. The highest BCUT2D eigenvalue weighted by atomic mass is 16.7. The highest BCUT2D eigenvalue weighted by molar-refractivity contribution is 5.80. The van der Waals surface area contributed by atoms with Crippen molar-refractivity contribution < 1.29 is 18.6 Å².